The fourth-order valence-corrected chi connectivity index (χ4v) is 1.71. The van der Waals surface area contributed by atoms with Gasteiger partial charge in [0.25, 0.3) is 0 Å². The second-order valence-corrected chi connectivity index (χ2v) is 4.37. The van der Waals surface area contributed by atoms with E-state index in [-0.39, 0.29) is 11.7 Å². The Hall–Kier alpha value is -1.64. The van der Waals surface area contributed by atoms with Crippen molar-refractivity contribution in [3.05, 3.63) is 30.1 Å². The normalized spacial score (nSPS) is 11.2. The van der Waals surface area contributed by atoms with E-state index in [1.165, 1.54) is 0 Å². The largest absolute Gasteiger partial charge is 0.331 e. The van der Waals surface area contributed by atoms with Crippen molar-refractivity contribution in [1.82, 2.24) is 9.55 Å². The van der Waals surface area contributed by atoms with Crippen LogP contribution in [0.4, 0.5) is 0 Å². The third kappa shape index (κ3) is 1.85. The van der Waals surface area contributed by atoms with E-state index in [4.69, 9.17) is 0 Å². The summed E-state index contributed by atoms with van der Waals surface area (Å²) in [4.78, 5) is 16.2. The van der Waals surface area contributed by atoms with Gasteiger partial charge in [-0.2, -0.15) is 0 Å². The molecule has 0 radical (unpaired) electrons. The van der Waals surface area contributed by atoms with E-state index in [9.17, 15) is 4.79 Å². The number of carbonyl (C=O) groups is 1. The number of nitrogens with zero attached hydrogens (tertiary/aromatic N) is 2. The Bertz CT molecular complexity index is 526. The molecule has 1 heterocycles. The summed E-state index contributed by atoms with van der Waals surface area (Å²) >= 11 is 0. The molecule has 0 bridgehead atoms. The van der Waals surface area contributed by atoms with E-state index < -0.39 is 0 Å². The fraction of sp³-hybridized carbons (Fsp3) is 0.385. The highest BCUT2D eigenvalue weighted by Gasteiger charge is 2.13. The number of hydrogen-bond acceptors (Lipinski definition) is 2. The van der Waals surface area contributed by atoms with Crippen LogP contribution in [0.1, 0.15) is 19.7 Å². The molecule has 0 amide bonds. The van der Waals surface area contributed by atoms with Crippen LogP contribution in [-0.4, -0.2) is 15.3 Å². The van der Waals surface area contributed by atoms with E-state index >= 15 is 0 Å². The number of carbonyl (C=O) groups excluding carboxylic acids is 1. The topological polar surface area (TPSA) is 34.9 Å². The number of ketones is 1. The zero-order valence-corrected chi connectivity index (χ0v) is 9.90. The maximum atomic E-state index is 11.7. The Morgan fingerprint density at radius 1 is 1.38 bits per heavy atom. The summed E-state index contributed by atoms with van der Waals surface area (Å²) in [5.74, 6) is 1.15. The van der Waals surface area contributed by atoms with E-state index in [1.807, 2.05) is 49.7 Å². The smallest absolute Gasteiger partial charge is 0.142 e. The molecule has 0 N–H and O–H groups in total. The number of benzene rings is 1. The van der Waals surface area contributed by atoms with Crippen molar-refractivity contribution in [2.24, 2.45) is 13.0 Å². The van der Waals surface area contributed by atoms with Gasteiger partial charge in [-0.1, -0.05) is 26.0 Å². The van der Waals surface area contributed by atoms with Gasteiger partial charge in [-0.3, -0.25) is 4.79 Å². The highest BCUT2D eigenvalue weighted by atomic mass is 16.1. The molecular weight excluding hydrogens is 200 g/mol. The molecule has 0 fully saturated rings. The minimum atomic E-state index is 0.0693. The van der Waals surface area contributed by atoms with Gasteiger partial charge in [0.1, 0.15) is 11.6 Å². The summed E-state index contributed by atoms with van der Waals surface area (Å²) in [6.07, 6.45) is 0.419. The summed E-state index contributed by atoms with van der Waals surface area (Å²) in [5.41, 5.74) is 2.03. The maximum absolute atomic E-state index is 11.7. The highest BCUT2D eigenvalue weighted by molar-refractivity contribution is 5.83. The van der Waals surface area contributed by atoms with E-state index in [0.29, 0.717) is 6.42 Å². The summed E-state index contributed by atoms with van der Waals surface area (Å²) < 4.78 is 2.00. The standard InChI is InChI=1S/C13H16N2O/c1-9(2)12(16)8-13-14-10-6-4-5-7-11(10)15(13)3/h4-7,9H,8H2,1-3H3. The van der Waals surface area contributed by atoms with Gasteiger partial charge in [0.05, 0.1) is 17.5 Å². The zero-order chi connectivity index (χ0) is 11.7. The lowest BCUT2D eigenvalue weighted by Crippen LogP contribution is -2.13. The molecule has 2 rings (SSSR count). The number of aromatic nitrogens is 2. The van der Waals surface area contributed by atoms with Crippen molar-refractivity contribution in [1.29, 1.82) is 0 Å². The van der Waals surface area contributed by atoms with E-state index in [0.717, 1.165) is 16.9 Å². The summed E-state index contributed by atoms with van der Waals surface area (Å²) in [6, 6.07) is 7.94. The molecule has 0 saturated heterocycles. The lowest BCUT2D eigenvalue weighted by Gasteiger charge is -2.04. The maximum Gasteiger partial charge on any atom is 0.142 e. The number of hydrogen-bond donors (Lipinski definition) is 0. The Labute approximate surface area is 95.1 Å². The van der Waals surface area contributed by atoms with Gasteiger partial charge in [0.2, 0.25) is 0 Å². The molecule has 3 heteroatoms. The Kier molecular flexibility index (Phi) is 2.77. The van der Waals surface area contributed by atoms with E-state index in [1.54, 1.807) is 0 Å². The number of imidazole rings is 1. The van der Waals surface area contributed by atoms with Crippen molar-refractivity contribution in [3.63, 3.8) is 0 Å². The monoisotopic (exact) mass is 216 g/mol. The van der Waals surface area contributed by atoms with Gasteiger partial charge in [0.15, 0.2) is 0 Å². The highest BCUT2D eigenvalue weighted by Crippen LogP contribution is 2.15. The average molecular weight is 216 g/mol. The molecule has 3 nitrogen and oxygen atoms in total. The van der Waals surface area contributed by atoms with Gasteiger partial charge >= 0.3 is 0 Å². The minimum Gasteiger partial charge on any atom is -0.331 e. The van der Waals surface area contributed by atoms with Crippen LogP contribution in [0.15, 0.2) is 24.3 Å². The van der Waals surface area contributed by atoms with Crippen LogP contribution in [0, 0.1) is 5.92 Å². The molecule has 84 valence electrons. The van der Waals surface area contributed by atoms with Crippen LogP contribution in [0.5, 0.6) is 0 Å². The predicted molar refractivity (Wildman–Crippen MR) is 64.3 cm³/mol. The Morgan fingerprint density at radius 2 is 2.06 bits per heavy atom. The molecule has 16 heavy (non-hydrogen) atoms. The molecule has 1 aromatic carbocycles. The molecular formula is C13H16N2O. The Morgan fingerprint density at radius 3 is 2.69 bits per heavy atom. The first kappa shape index (κ1) is 10.9. The van der Waals surface area contributed by atoms with Crippen LogP contribution in [0.3, 0.4) is 0 Å². The molecule has 0 unspecified atom stereocenters. The van der Waals surface area contributed by atoms with Crippen LogP contribution in [0.2, 0.25) is 0 Å². The van der Waals surface area contributed by atoms with Crippen LogP contribution >= 0.6 is 0 Å². The average Bonchev–Trinajstić information content (AvgIpc) is 2.56. The van der Waals surface area contributed by atoms with Crippen molar-refractivity contribution in [2.45, 2.75) is 20.3 Å². The van der Waals surface area contributed by atoms with Crippen molar-refractivity contribution in [2.75, 3.05) is 0 Å². The zero-order valence-electron chi connectivity index (χ0n) is 9.90. The number of Topliss-reactive ketones (excluding diaryl/α,β-unsaturated/α-hetero) is 1. The number of rotatable bonds is 3. The lowest BCUT2D eigenvalue weighted by atomic mass is 10.1. The number of para-hydroxylation sites is 2. The van der Waals surface area contributed by atoms with Gasteiger partial charge in [-0.15, -0.1) is 0 Å². The van der Waals surface area contributed by atoms with Gasteiger partial charge < -0.3 is 4.57 Å². The Balaban J connectivity index is 2.38. The lowest BCUT2D eigenvalue weighted by molar-refractivity contribution is -0.121. The third-order valence-corrected chi connectivity index (χ3v) is 2.86. The molecule has 0 aliphatic carbocycles. The number of fused-ring (bicyclic) bond motifs is 1. The minimum absolute atomic E-state index is 0.0693. The van der Waals surface area contributed by atoms with Crippen LogP contribution < -0.4 is 0 Å². The second-order valence-electron chi connectivity index (χ2n) is 4.37. The first-order valence-corrected chi connectivity index (χ1v) is 5.52. The molecule has 0 spiro atoms. The van der Waals surface area contributed by atoms with Gasteiger partial charge in [-0.05, 0) is 12.1 Å². The molecule has 0 saturated carbocycles. The predicted octanol–water partition coefficient (Wildman–Crippen LogP) is 2.34. The van der Waals surface area contributed by atoms with Crippen molar-refractivity contribution < 1.29 is 4.79 Å². The quantitative estimate of drug-likeness (QED) is 0.789. The molecule has 1 aromatic heterocycles. The molecule has 0 aliphatic heterocycles. The molecule has 0 atom stereocenters. The first-order valence-electron chi connectivity index (χ1n) is 5.52. The van der Waals surface area contributed by atoms with Gasteiger partial charge in [0, 0.05) is 13.0 Å². The van der Waals surface area contributed by atoms with Crippen LogP contribution in [0.25, 0.3) is 11.0 Å². The summed E-state index contributed by atoms with van der Waals surface area (Å²) in [6.45, 7) is 3.84. The van der Waals surface area contributed by atoms with Crippen molar-refractivity contribution >= 4 is 16.8 Å². The van der Waals surface area contributed by atoms with Crippen LogP contribution in [-0.2, 0) is 18.3 Å². The van der Waals surface area contributed by atoms with Gasteiger partial charge in [-0.25, -0.2) is 4.98 Å². The molecule has 0 aliphatic rings. The third-order valence-electron chi connectivity index (χ3n) is 2.86. The van der Waals surface area contributed by atoms with E-state index in [2.05, 4.69) is 4.98 Å². The first-order chi connectivity index (χ1) is 7.59. The second kappa shape index (κ2) is 4.08. The molecule has 2 aromatic rings. The fourth-order valence-electron chi connectivity index (χ4n) is 1.71. The SMILES string of the molecule is CC(C)C(=O)Cc1nc2ccccc2n1C. The summed E-state index contributed by atoms with van der Waals surface area (Å²) in [7, 11) is 1.96. The van der Waals surface area contributed by atoms with Crippen molar-refractivity contribution in [3.8, 4) is 0 Å². The number of aryl methyl sites for hydroxylation is 1. The summed E-state index contributed by atoms with van der Waals surface area (Å²) in [5, 5.41) is 0.